The quantitative estimate of drug-likeness (QED) is 0.168. The van der Waals surface area contributed by atoms with Crippen molar-refractivity contribution in [1.29, 1.82) is 0 Å². The van der Waals surface area contributed by atoms with E-state index in [0.717, 1.165) is 33.8 Å². The summed E-state index contributed by atoms with van der Waals surface area (Å²) in [5, 5.41) is 10.7. The maximum absolute atomic E-state index is 11.4. The van der Waals surface area contributed by atoms with Gasteiger partial charge >= 0.3 is 5.97 Å². The van der Waals surface area contributed by atoms with Gasteiger partial charge in [0.05, 0.1) is 0 Å². The smallest absolute Gasteiger partial charge is 0.320 e. The second-order valence-corrected chi connectivity index (χ2v) is 10.2. The van der Waals surface area contributed by atoms with E-state index in [1.165, 1.54) is 0 Å². The number of nitrogens with two attached hydrogens (primary N) is 1. The molecule has 0 saturated heterocycles. The van der Waals surface area contributed by atoms with Crippen LogP contribution >= 0.6 is 23.2 Å². The van der Waals surface area contributed by atoms with E-state index in [1.54, 1.807) is 0 Å². The Labute approximate surface area is 244 Å². The van der Waals surface area contributed by atoms with Crippen LogP contribution in [0.3, 0.4) is 0 Å². The first-order valence-electron chi connectivity index (χ1n) is 13.0. The average Bonchev–Trinajstić information content (AvgIpc) is 2.96. The number of aliphatic carboxylic acids is 1. The third-order valence-electron chi connectivity index (χ3n) is 6.49. The minimum Gasteiger partial charge on any atom is -0.489 e. The van der Waals surface area contributed by atoms with Gasteiger partial charge in [-0.1, -0.05) is 96.0 Å². The summed E-state index contributed by atoms with van der Waals surface area (Å²) in [5.41, 5.74) is 9.59. The van der Waals surface area contributed by atoms with Crippen LogP contribution in [0.2, 0.25) is 10.0 Å². The van der Waals surface area contributed by atoms with Gasteiger partial charge in [-0.3, -0.25) is 9.69 Å². The zero-order valence-electron chi connectivity index (χ0n) is 22.0. The van der Waals surface area contributed by atoms with E-state index in [1.807, 2.05) is 97.1 Å². The summed E-state index contributed by atoms with van der Waals surface area (Å²) in [7, 11) is 0. The highest BCUT2D eigenvalue weighted by atomic mass is 35.5. The van der Waals surface area contributed by atoms with Gasteiger partial charge in [0, 0.05) is 51.9 Å². The van der Waals surface area contributed by atoms with E-state index in [-0.39, 0.29) is 0 Å². The molecule has 8 heteroatoms. The molecule has 0 bridgehead atoms. The molecular weight excluding hydrogens is 547 g/mol. The van der Waals surface area contributed by atoms with Gasteiger partial charge in [0.15, 0.2) is 0 Å². The second-order valence-electron chi connectivity index (χ2n) is 9.42. The van der Waals surface area contributed by atoms with E-state index in [9.17, 15) is 9.90 Å². The predicted molar refractivity (Wildman–Crippen MR) is 159 cm³/mol. The SMILES string of the molecule is N[C@H](CCN(Cc1ccccc1OCc1ccccc1Cl)Cc1ccccc1OCc1ccccc1Cl)C(=O)O. The van der Waals surface area contributed by atoms with E-state index >= 15 is 0 Å². The first kappa shape index (κ1) is 29.4. The number of rotatable bonds is 14. The van der Waals surface area contributed by atoms with Gasteiger partial charge in [-0.15, -0.1) is 0 Å². The average molecular weight is 580 g/mol. The molecule has 0 aliphatic carbocycles. The van der Waals surface area contributed by atoms with Crippen molar-refractivity contribution in [1.82, 2.24) is 4.90 Å². The zero-order chi connectivity index (χ0) is 28.3. The predicted octanol–water partition coefficient (Wildman–Crippen LogP) is 6.96. The van der Waals surface area contributed by atoms with E-state index in [2.05, 4.69) is 4.90 Å². The minimum atomic E-state index is -1.02. The van der Waals surface area contributed by atoms with Crippen LogP contribution < -0.4 is 15.2 Å². The molecule has 0 unspecified atom stereocenters. The normalized spacial score (nSPS) is 11.8. The molecule has 4 aromatic rings. The molecule has 1 atom stereocenters. The molecule has 0 saturated carbocycles. The number of carboxylic acids is 1. The summed E-state index contributed by atoms with van der Waals surface area (Å²) in [6.07, 6.45) is 0.292. The van der Waals surface area contributed by atoms with Crippen LogP contribution in [0.25, 0.3) is 0 Å². The van der Waals surface area contributed by atoms with Crippen LogP contribution in [0.15, 0.2) is 97.1 Å². The number of hydrogen-bond donors (Lipinski definition) is 2. The Morgan fingerprint density at radius 1 is 0.700 bits per heavy atom. The Balaban J connectivity index is 1.52. The Morgan fingerprint density at radius 3 is 1.52 bits per heavy atom. The number of carbonyl (C=O) groups is 1. The van der Waals surface area contributed by atoms with E-state index < -0.39 is 12.0 Å². The van der Waals surface area contributed by atoms with Crippen molar-refractivity contribution in [3.63, 3.8) is 0 Å². The van der Waals surface area contributed by atoms with Crippen molar-refractivity contribution in [2.45, 2.75) is 38.8 Å². The largest absolute Gasteiger partial charge is 0.489 e. The molecule has 0 spiro atoms. The molecule has 6 nitrogen and oxygen atoms in total. The molecule has 0 aromatic heterocycles. The highest BCUT2D eigenvalue weighted by Gasteiger charge is 2.18. The van der Waals surface area contributed by atoms with Crippen molar-refractivity contribution in [3.8, 4) is 11.5 Å². The zero-order valence-corrected chi connectivity index (χ0v) is 23.5. The lowest BCUT2D eigenvalue weighted by Crippen LogP contribution is -2.35. The standard InChI is InChI=1S/C32H32Cl2N2O4/c33-27-13-5-1-11-25(27)21-39-30-15-7-3-9-23(30)19-36(18-17-29(35)32(37)38)20-24-10-4-8-16-31(24)40-22-26-12-2-6-14-28(26)34/h1-16,29H,17-22,35H2,(H,37,38)/t29-/m1/s1. The molecule has 0 fully saturated rings. The minimum absolute atomic E-state index is 0.292. The maximum atomic E-state index is 11.4. The summed E-state index contributed by atoms with van der Waals surface area (Å²) in [6, 6.07) is 29.8. The molecular formula is C32H32Cl2N2O4. The van der Waals surface area contributed by atoms with Gasteiger partial charge in [0.2, 0.25) is 0 Å². The van der Waals surface area contributed by atoms with Gasteiger partial charge in [-0.05, 0) is 30.7 Å². The van der Waals surface area contributed by atoms with Crippen molar-refractivity contribution in [3.05, 3.63) is 129 Å². The lowest BCUT2D eigenvalue weighted by Gasteiger charge is -2.25. The van der Waals surface area contributed by atoms with E-state index in [0.29, 0.717) is 49.3 Å². The molecule has 0 radical (unpaired) electrons. The number of hydrogen-bond acceptors (Lipinski definition) is 5. The number of nitrogens with zero attached hydrogens (tertiary/aromatic N) is 1. The van der Waals surface area contributed by atoms with Crippen LogP contribution in [0.1, 0.15) is 28.7 Å². The van der Waals surface area contributed by atoms with Gasteiger partial charge in [-0.2, -0.15) is 0 Å². The molecule has 3 N–H and O–H groups in total. The summed E-state index contributed by atoms with van der Waals surface area (Å²) in [4.78, 5) is 13.6. The van der Waals surface area contributed by atoms with Crippen LogP contribution in [0.4, 0.5) is 0 Å². The van der Waals surface area contributed by atoms with Crippen LogP contribution in [0, 0.1) is 0 Å². The van der Waals surface area contributed by atoms with Gasteiger partial charge < -0.3 is 20.3 Å². The van der Waals surface area contributed by atoms with Crippen molar-refractivity contribution >= 4 is 29.2 Å². The Hall–Kier alpha value is -3.55. The number of carboxylic acid groups (broad SMARTS) is 1. The fourth-order valence-electron chi connectivity index (χ4n) is 4.23. The third kappa shape index (κ3) is 8.47. The first-order chi connectivity index (χ1) is 19.4. The topological polar surface area (TPSA) is 85.0 Å². The monoisotopic (exact) mass is 578 g/mol. The number of benzene rings is 4. The molecule has 208 valence electrons. The number of ether oxygens (including phenoxy) is 2. The molecule has 0 heterocycles. The molecule has 0 amide bonds. The fraction of sp³-hybridized carbons (Fsp3) is 0.219. The Morgan fingerprint density at radius 2 is 1.10 bits per heavy atom. The fourth-order valence-corrected chi connectivity index (χ4v) is 4.61. The van der Waals surface area contributed by atoms with Gasteiger partial charge in [0.25, 0.3) is 0 Å². The Kier molecular flexibility index (Phi) is 10.8. The van der Waals surface area contributed by atoms with Crippen molar-refractivity contribution in [2.24, 2.45) is 5.73 Å². The Bertz CT molecular complexity index is 1320. The summed E-state index contributed by atoms with van der Waals surface area (Å²) >= 11 is 12.6. The summed E-state index contributed by atoms with van der Waals surface area (Å²) in [6.45, 7) is 2.16. The maximum Gasteiger partial charge on any atom is 0.320 e. The third-order valence-corrected chi connectivity index (χ3v) is 7.23. The first-order valence-corrected chi connectivity index (χ1v) is 13.7. The van der Waals surface area contributed by atoms with Crippen molar-refractivity contribution < 1.29 is 19.4 Å². The van der Waals surface area contributed by atoms with Gasteiger partial charge in [0.1, 0.15) is 30.8 Å². The molecule has 4 rings (SSSR count). The second kappa shape index (κ2) is 14.7. The van der Waals surface area contributed by atoms with Gasteiger partial charge in [-0.25, -0.2) is 0 Å². The van der Waals surface area contributed by atoms with Crippen LogP contribution in [0.5, 0.6) is 11.5 Å². The lowest BCUT2D eigenvalue weighted by atomic mass is 10.1. The highest BCUT2D eigenvalue weighted by Crippen LogP contribution is 2.27. The highest BCUT2D eigenvalue weighted by molar-refractivity contribution is 6.31. The van der Waals surface area contributed by atoms with E-state index in [4.69, 9.17) is 38.4 Å². The summed E-state index contributed by atoms with van der Waals surface area (Å²) in [5.74, 6) is 0.448. The lowest BCUT2D eigenvalue weighted by molar-refractivity contribution is -0.138. The van der Waals surface area contributed by atoms with Crippen molar-refractivity contribution in [2.75, 3.05) is 6.54 Å². The molecule has 4 aromatic carbocycles. The van der Waals surface area contributed by atoms with Crippen LogP contribution in [-0.4, -0.2) is 28.6 Å². The molecule has 40 heavy (non-hydrogen) atoms. The van der Waals surface area contributed by atoms with Crippen LogP contribution in [-0.2, 0) is 31.1 Å². The molecule has 0 aliphatic rings. The molecule has 0 aliphatic heterocycles. The number of halogens is 2. The number of para-hydroxylation sites is 2. The summed E-state index contributed by atoms with van der Waals surface area (Å²) < 4.78 is 12.3.